The minimum Gasteiger partial charge on any atom is -0.449 e. The lowest BCUT2D eigenvalue weighted by Gasteiger charge is -2.10. The summed E-state index contributed by atoms with van der Waals surface area (Å²) in [5, 5.41) is -0.252. The average Bonchev–Trinajstić information content (AvgIpc) is 1.85. The topological polar surface area (TPSA) is 35.5 Å². The number of hydrogen-bond acceptors (Lipinski definition) is 3. The van der Waals surface area contributed by atoms with E-state index in [4.69, 9.17) is 9.47 Å². The van der Waals surface area contributed by atoms with Gasteiger partial charge in [0, 0.05) is 7.11 Å². The number of methoxy groups -OCH3 is 1. The fourth-order valence-electron chi connectivity index (χ4n) is 0.352. The monoisotopic (exact) mass is 210 g/mol. The first-order chi connectivity index (χ1) is 4.57. The van der Waals surface area contributed by atoms with Gasteiger partial charge in [-0.2, -0.15) is 0 Å². The van der Waals surface area contributed by atoms with Crippen molar-refractivity contribution in [3.8, 4) is 0 Å². The van der Waals surface area contributed by atoms with Gasteiger partial charge in [-0.05, 0) is 29.8 Å². The highest BCUT2D eigenvalue weighted by atomic mass is 79.9. The highest BCUT2D eigenvalue weighted by Gasteiger charge is 2.14. The number of carbonyl (C=O) groups is 1. The van der Waals surface area contributed by atoms with E-state index >= 15 is 0 Å². The van der Waals surface area contributed by atoms with Gasteiger partial charge in [-0.15, -0.1) is 0 Å². The number of hydrogen-bond donors (Lipinski definition) is 0. The van der Waals surface area contributed by atoms with Crippen molar-refractivity contribution in [1.29, 1.82) is 0 Å². The Morgan fingerprint density at radius 1 is 1.50 bits per heavy atom. The van der Waals surface area contributed by atoms with Gasteiger partial charge in [-0.3, -0.25) is 0 Å². The van der Waals surface area contributed by atoms with Crippen LogP contribution in [0.4, 0.5) is 0 Å². The molecule has 10 heavy (non-hydrogen) atoms. The highest BCUT2D eigenvalue weighted by molar-refractivity contribution is 9.09. The summed E-state index contributed by atoms with van der Waals surface area (Å²) in [6.07, 6.45) is -0.486. The highest BCUT2D eigenvalue weighted by Crippen LogP contribution is 2.02. The second-order valence-electron chi connectivity index (χ2n) is 1.86. The van der Waals surface area contributed by atoms with Crippen LogP contribution < -0.4 is 0 Å². The molecule has 0 rings (SSSR count). The number of alkyl halides is 1. The van der Waals surface area contributed by atoms with E-state index in [0.29, 0.717) is 0 Å². The molecule has 0 aromatic carbocycles. The predicted octanol–water partition coefficient (Wildman–Crippen LogP) is 1.31. The Morgan fingerprint density at radius 2 is 2.00 bits per heavy atom. The molecule has 0 spiro atoms. The van der Waals surface area contributed by atoms with E-state index in [2.05, 4.69) is 15.9 Å². The first-order valence-electron chi connectivity index (χ1n) is 2.95. The van der Waals surface area contributed by atoms with Gasteiger partial charge >= 0.3 is 5.97 Å². The van der Waals surface area contributed by atoms with Crippen molar-refractivity contribution in [3.05, 3.63) is 0 Å². The number of carbonyl (C=O) groups excluding carboxylic acids is 1. The van der Waals surface area contributed by atoms with Crippen LogP contribution in [-0.2, 0) is 14.3 Å². The molecule has 0 bridgehead atoms. The Morgan fingerprint density at radius 3 is 2.30 bits per heavy atom. The summed E-state index contributed by atoms with van der Waals surface area (Å²) >= 11 is 3.07. The van der Waals surface area contributed by atoms with Gasteiger partial charge in [0.2, 0.25) is 0 Å². The van der Waals surface area contributed by atoms with Crippen LogP contribution in [0.25, 0.3) is 0 Å². The van der Waals surface area contributed by atoms with Crippen LogP contribution in [0, 0.1) is 0 Å². The maximum absolute atomic E-state index is 10.8. The Bertz CT molecular complexity index is 114. The van der Waals surface area contributed by atoms with E-state index in [0.717, 1.165) is 0 Å². The Kier molecular flexibility index (Phi) is 4.64. The third-order valence-electron chi connectivity index (χ3n) is 0.964. The third kappa shape index (κ3) is 3.85. The maximum atomic E-state index is 10.8. The Hall–Kier alpha value is -0.0900. The lowest BCUT2D eigenvalue weighted by atomic mass is 10.4. The molecule has 0 fully saturated rings. The van der Waals surface area contributed by atoms with Crippen LogP contribution in [0.15, 0.2) is 0 Å². The van der Waals surface area contributed by atoms with E-state index in [1.54, 1.807) is 13.8 Å². The largest absolute Gasteiger partial charge is 0.449 e. The molecule has 0 aliphatic carbocycles. The third-order valence-corrected chi connectivity index (χ3v) is 1.15. The number of ether oxygens (including phenoxy) is 2. The second kappa shape index (κ2) is 4.68. The Labute approximate surface area is 68.8 Å². The lowest BCUT2D eigenvalue weighted by molar-refractivity contribution is -0.154. The standard InChI is InChI=1S/C6H11BrO3/c1-4(9-3)6(8)10-5(2)7/h4-5H,1-3H3. The van der Waals surface area contributed by atoms with Crippen LogP contribution in [0.1, 0.15) is 13.8 Å². The van der Waals surface area contributed by atoms with Crippen LogP contribution >= 0.6 is 15.9 Å². The molecular weight excluding hydrogens is 200 g/mol. The van der Waals surface area contributed by atoms with Crippen molar-refractivity contribution in [2.45, 2.75) is 25.0 Å². The van der Waals surface area contributed by atoms with Crippen molar-refractivity contribution in [2.24, 2.45) is 0 Å². The van der Waals surface area contributed by atoms with Crippen molar-refractivity contribution in [2.75, 3.05) is 7.11 Å². The van der Waals surface area contributed by atoms with Crippen molar-refractivity contribution < 1.29 is 14.3 Å². The molecule has 0 amide bonds. The lowest BCUT2D eigenvalue weighted by Crippen LogP contribution is -2.23. The van der Waals surface area contributed by atoms with Crippen LogP contribution in [0.3, 0.4) is 0 Å². The van der Waals surface area contributed by atoms with Crippen molar-refractivity contribution in [1.82, 2.24) is 0 Å². The van der Waals surface area contributed by atoms with Gasteiger partial charge in [0.05, 0.1) is 0 Å². The summed E-state index contributed by atoms with van der Waals surface area (Å²) < 4.78 is 9.47. The summed E-state index contributed by atoms with van der Waals surface area (Å²) in [5.74, 6) is -0.355. The molecule has 4 heteroatoms. The number of rotatable bonds is 3. The minimum absolute atomic E-state index is 0.252. The van der Waals surface area contributed by atoms with Crippen molar-refractivity contribution in [3.63, 3.8) is 0 Å². The van der Waals surface area contributed by atoms with Crippen LogP contribution in [0.5, 0.6) is 0 Å². The molecule has 0 radical (unpaired) electrons. The molecule has 0 saturated carbocycles. The normalized spacial score (nSPS) is 16.0. The summed E-state index contributed by atoms with van der Waals surface area (Å²) in [4.78, 5) is 10.8. The first-order valence-corrected chi connectivity index (χ1v) is 3.87. The molecule has 0 aromatic rings. The average molecular weight is 211 g/mol. The fourth-order valence-corrected chi connectivity index (χ4v) is 0.536. The molecule has 60 valence electrons. The Balaban J connectivity index is 3.62. The SMILES string of the molecule is COC(C)C(=O)OC(C)Br. The van der Waals surface area contributed by atoms with Gasteiger partial charge in [-0.1, -0.05) is 0 Å². The van der Waals surface area contributed by atoms with Gasteiger partial charge in [-0.25, -0.2) is 4.79 Å². The summed E-state index contributed by atoms with van der Waals surface area (Å²) in [6, 6.07) is 0. The van der Waals surface area contributed by atoms with Gasteiger partial charge in [0.25, 0.3) is 0 Å². The minimum atomic E-state index is -0.486. The van der Waals surface area contributed by atoms with Crippen LogP contribution in [0.2, 0.25) is 0 Å². The molecule has 0 saturated heterocycles. The molecule has 2 atom stereocenters. The second-order valence-corrected chi connectivity index (χ2v) is 3.15. The molecule has 0 aromatic heterocycles. The fraction of sp³-hybridized carbons (Fsp3) is 0.833. The first kappa shape index (κ1) is 9.91. The van der Waals surface area contributed by atoms with E-state index in [1.165, 1.54) is 7.11 Å². The zero-order valence-electron chi connectivity index (χ0n) is 6.26. The smallest absolute Gasteiger partial charge is 0.336 e. The van der Waals surface area contributed by atoms with Gasteiger partial charge < -0.3 is 9.47 Å². The summed E-state index contributed by atoms with van der Waals surface area (Å²) in [6.45, 7) is 3.36. The molecular formula is C6H11BrO3. The maximum Gasteiger partial charge on any atom is 0.336 e. The number of esters is 1. The predicted molar refractivity (Wildman–Crippen MR) is 41.0 cm³/mol. The van der Waals surface area contributed by atoms with Crippen LogP contribution in [-0.4, -0.2) is 24.2 Å². The summed E-state index contributed by atoms with van der Waals surface area (Å²) in [7, 11) is 1.46. The number of halogens is 1. The molecule has 0 aliphatic heterocycles. The molecule has 0 heterocycles. The molecule has 2 unspecified atom stereocenters. The molecule has 0 aliphatic rings. The summed E-state index contributed by atoms with van der Waals surface area (Å²) in [5.41, 5.74) is 0. The van der Waals surface area contributed by atoms with E-state index in [-0.39, 0.29) is 11.0 Å². The zero-order chi connectivity index (χ0) is 8.15. The molecule has 3 nitrogen and oxygen atoms in total. The van der Waals surface area contributed by atoms with E-state index in [1.807, 2.05) is 0 Å². The zero-order valence-corrected chi connectivity index (χ0v) is 7.84. The quantitative estimate of drug-likeness (QED) is 0.521. The van der Waals surface area contributed by atoms with Gasteiger partial charge in [0.1, 0.15) is 0 Å². The van der Waals surface area contributed by atoms with E-state index < -0.39 is 6.10 Å². The van der Waals surface area contributed by atoms with Gasteiger partial charge in [0.15, 0.2) is 11.1 Å². The molecule has 0 N–H and O–H groups in total. The van der Waals surface area contributed by atoms with Crippen molar-refractivity contribution >= 4 is 21.9 Å². The van der Waals surface area contributed by atoms with E-state index in [9.17, 15) is 4.79 Å².